The van der Waals surface area contributed by atoms with E-state index >= 15 is 0 Å². The van der Waals surface area contributed by atoms with Gasteiger partial charge in [-0.1, -0.05) is 194 Å². The first-order valence-electron chi connectivity index (χ1n) is 32.9. The van der Waals surface area contributed by atoms with E-state index in [2.05, 4.69) is 323 Å². The van der Waals surface area contributed by atoms with Gasteiger partial charge in [-0.25, -0.2) is 0 Å². The lowest BCUT2D eigenvalue weighted by atomic mass is 10.0. The Balaban J connectivity index is 0.000000143. The van der Waals surface area contributed by atoms with Crippen LogP contribution in [0.15, 0.2) is 382 Å². The van der Waals surface area contributed by atoms with Crippen molar-refractivity contribution in [3.05, 3.63) is 364 Å². The minimum absolute atomic E-state index is 0.821. The number of furan rings is 4. The standard InChI is InChI=1S/C48H32N2O2.C42H28N2O2/c1-4-13-33(14-5-1)34-23-25-37(26-24-34)49(35-15-6-2-7-16-35)38-28-30-46-43(31-38)42-20-12-21-44(48(42)52-46)50(36-17-8-3-9-18-36)39-27-29-41-40-19-10-11-22-45(40)51-47(41)32-39;1-4-13-29(14-5-1)43(30-15-6-2-7-16-30)32-24-26-40-37(27-32)36-20-12-21-38(42(36)46-40)44(31-17-8-3-9-18-31)33-23-25-35-34-19-10-11-22-39(34)45-41(35)28-33/h1-32H;1-28H. The SMILES string of the molecule is c1ccc(-c2ccc(N(c3ccccc3)c3ccc4oc5c(N(c6ccccc6)c6ccc7c(c6)oc6ccccc67)cccc5c4c3)cc2)cc1.c1ccc(N(c2ccccc2)c2ccc3oc4c(N(c5ccccc5)c5ccc6c(c5)oc5ccccc56)cccc4c3c2)cc1. The van der Waals surface area contributed by atoms with Crippen molar-refractivity contribution in [2.24, 2.45) is 0 Å². The summed E-state index contributed by atoms with van der Waals surface area (Å²) in [6, 6.07) is 127. The zero-order valence-electron chi connectivity index (χ0n) is 53.1. The molecule has 4 heterocycles. The van der Waals surface area contributed by atoms with E-state index in [0.717, 1.165) is 156 Å². The van der Waals surface area contributed by atoms with Crippen LogP contribution < -0.4 is 19.6 Å². The summed E-state index contributed by atoms with van der Waals surface area (Å²) in [5.41, 5.74) is 21.6. The van der Waals surface area contributed by atoms with Gasteiger partial charge in [-0.15, -0.1) is 0 Å². The number of anilines is 12. The Bertz CT molecular complexity index is 6030. The quantitative estimate of drug-likeness (QED) is 0.113. The molecule has 8 heteroatoms. The van der Waals surface area contributed by atoms with E-state index in [9.17, 15) is 0 Å². The van der Waals surface area contributed by atoms with Crippen LogP contribution in [0.2, 0.25) is 0 Å². The lowest BCUT2D eigenvalue weighted by Crippen LogP contribution is -2.10. The number of benzene rings is 15. The van der Waals surface area contributed by atoms with E-state index in [1.165, 1.54) is 11.1 Å². The summed E-state index contributed by atoms with van der Waals surface area (Å²) in [6.07, 6.45) is 0. The summed E-state index contributed by atoms with van der Waals surface area (Å²) in [6.45, 7) is 0. The van der Waals surface area contributed by atoms with Crippen LogP contribution in [0.4, 0.5) is 68.2 Å². The van der Waals surface area contributed by atoms with Gasteiger partial charge in [0.25, 0.3) is 0 Å². The number of hydrogen-bond donors (Lipinski definition) is 0. The van der Waals surface area contributed by atoms with Gasteiger partial charge in [-0.3, -0.25) is 0 Å². The average molecular weight is 1260 g/mol. The summed E-state index contributed by atoms with van der Waals surface area (Å²) < 4.78 is 26.1. The molecule has 0 N–H and O–H groups in total. The molecular weight excluding hydrogens is 1200 g/mol. The third-order valence-electron chi connectivity index (χ3n) is 18.5. The normalized spacial score (nSPS) is 11.5. The number of fused-ring (bicyclic) bond motifs is 12. The molecule has 0 aliphatic heterocycles. The van der Waals surface area contributed by atoms with Crippen LogP contribution in [-0.2, 0) is 0 Å². The predicted octanol–water partition coefficient (Wildman–Crippen LogP) is 26.5. The lowest BCUT2D eigenvalue weighted by Gasteiger charge is -2.25. The maximum atomic E-state index is 6.77. The zero-order valence-corrected chi connectivity index (χ0v) is 53.1. The molecule has 19 rings (SSSR count). The molecule has 0 aliphatic rings. The highest BCUT2D eigenvalue weighted by atomic mass is 16.3. The summed E-state index contributed by atoms with van der Waals surface area (Å²) >= 11 is 0. The minimum atomic E-state index is 0.821. The second-order valence-electron chi connectivity index (χ2n) is 24.4. The van der Waals surface area contributed by atoms with Gasteiger partial charge in [0.2, 0.25) is 0 Å². The topological polar surface area (TPSA) is 65.5 Å². The molecule has 19 aromatic rings. The number of para-hydroxylation sites is 9. The lowest BCUT2D eigenvalue weighted by molar-refractivity contribution is 0.667. The van der Waals surface area contributed by atoms with Gasteiger partial charge in [0.15, 0.2) is 11.2 Å². The highest BCUT2D eigenvalue weighted by Crippen LogP contribution is 2.48. The van der Waals surface area contributed by atoms with E-state index in [1.807, 2.05) is 60.7 Å². The second-order valence-corrected chi connectivity index (χ2v) is 24.4. The number of nitrogens with zero attached hydrogens (tertiary/aromatic N) is 4. The van der Waals surface area contributed by atoms with Gasteiger partial charge >= 0.3 is 0 Å². The molecule has 15 aromatic carbocycles. The van der Waals surface area contributed by atoms with Crippen molar-refractivity contribution in [1.29, 1.82) is 0 Å². The van der Waals surface area contributed by atoms with Crippen molar-refractivity contribution in [1.82, 2.24) is 0 Å². The maximum absolute atomic E-state index is 6.77. The molecule has 0 atom stereocenters. The van der Waals surface area contributed by atoms with E-state index in [1.54, 1.807) is 0 Å². The Morgan fingerprint density at radius 1 is 0.153 bits per heavy atom. The number of hydrogen-bond acceptors (Lipinski definition) is 8. The van der Waals surface area contributed by atoms with Crippen LogP contribution in [0.3, 0.4) is 0 Å². The Labute approximate surface area is 565 Å². The monoisotopic (exact) mass is 1260 g/mol. The third kappa shape index (κ3) is 10.4. The summed E-state index contributed by atoms with van der Waals surface area (Å²) in [7, 11) is 0. The largest absolute Gasteiger partial charge is 0.456 e. The molecule has 0 unspecified atom stereocenters. The Morgan fingerprint density at radius 2 is 0.439 bits per heavy atom. The van der Waals surface area contributed by atoms with Crippen LogP contribution in [0, 0.1) is 0 Å². The minimum Gasteiger partial charge on any atom is -0.456 e. The Morgan fingerprint density at radius 3 is 0.847 bits per heavy atom. The summed E-state index contributed by atoms with van der Waals surface area (Å²) in [5.74, 6) is 0. The van der Waals surface area contributed by atoms with E-state index in [-0.39, 0.29) is 0 Å². The molecule has 0 bridgehead atoms. The van der Waals surface area contributed by atoms with Crippen molar-refractivity contribution in [2.75, 3.05) is 19.6 Å². The average Bonchev–Trinajstić information content (AvgIpc) is 1.60. The molecule has 4 aromatic heterocycles. The number of rotatable bonds is 13. The molecule has 464 valence electrons. The van der Waals surface area contributed by atoms with Crippen LogP contribution >= 0.6 is 0 Å². The van der Waals surface area contributed by atoms with Crippen molar-refractivity contribution in [3.8, 4) is 11.1 Å². The fourth-order valence-corrected chi connectivity index (χ4v) is 13.9. The van der Waals surface area contributed by atoms with Gasteiger partial charge in [0, 0.05) is 101 Å². The van der Waals surface area contributed by atoms with E-state index < -0.39 is 0 Å². The molecule has 8 nitrogen and oxygen atoms in total. The Hall–Kier alpha value is -13.3. The molecule has 0 amide bonds. The molecule has 0 saturated heterocycles. The van der Waals surface area contributed by atoms with Crippen LogP contribution in [0.25, 0.3) is 98.9 Å². The molecular formula is C90H60N4O4. The van der Waals surface area contributed by atoms with Crippen LogP contribution in [0.1, 0.15) is 0 Å². The molecule has 0 radical (unpaired) electrons. The van der Waals surface area contributed by atoms with Crippen molar-refractivity contribution in [3.63, 3.8) is 0 Å². The summed E-state index contributed by atoms with van der Waals surface area (Å²) in [4.78, 5) is 9.08. The van der Waals surface area contributed by atoms with Crippen molar-refractivity contribution >= 4 is 156 Å². The van der Waals surface area contributed by atoms with Crippen molar-refractivity contribution < 1.29 is 17.7 Å². The summed E-state index contributed by atoms with van der Waals surface area (Å²) in [5, 5.41) is 8.65. The highest BCUT2D eigenvalue weighted by molar-refractivity contribution is 6.14. The molecule has 0 fully saturated rings. The van der Waals surface area contributed by atoms with E-state index in [0.29, 0.717) is 0 Å². The molecule has 0 spiro atoms. The first kappa shape index (κ1) is 57.4. The van der Waals surface area contributed by atoms with Crippen LogP contribution in [-0.4, -0.2) is 0 Å². The van der Waals surface area contributed by atoms with Crippen LogP contribution in [0.5, 0.6) is 0 Å². The van der Waals surface area contributed by atoms with Gasteiger partial charge in [0.1, 0.15) is 33.5 Å². The van der Waals surface area contributed by atoms with Gasteiger partial charge < -0.3 is 37.3 Å². The molecule has 0 saturated carbocycles. The molecule has 0 aliphatic carbocycles. The Kier molecular flexibility index (Phi) is 14.4. The van der Waals surface area contributed by atoms with Gasteiger partial charge in [0.05, 0.1) is 22.7 Å². The fourth-order valence-electron chi connectivity index (χ4n) is 13.9. The first-order valence-corrected chi connectivity index (χ1v) is 32.9. The molecule has 98 heavy (non-hydrogen) atoms. The maximum Gasteiger partial charge on any atom is 0.159 e. The van der Waals surface area contributed by atoms with E-state index in [4.69, 9.17) is 17.7 Å². The van der Waals surface area contributed by atoms with Gasteiger partial charge in [-0.2, -0.15) is 0 Å². The fraction of sp³-hybridized carbons (Fsp3) is 0. The van der Waals surface area contributed by atoms with Crippen molar-refractivity contribution in [2.45, 2.75) is 0 Å². The van der Waals surface area contributed by atoms with Gasteiger partial charge in [-0.05, 0) is 169 Å². The first-order chi connectivity index (χ1) is 48.6. The third-order valence-corrected chi connectivity index (χ3v) is 18.5. The zero-order chi connectivity index (χ0) is 64.9. The predicted molar refractivity (Wildman–Crippen MR) is 406 cm³/mol. The smallest absolute Gasteiger partial charge is 0.159 e. The second kappa shape index (κ2) is 24.6. The highest BCUT2D eigenvalue weighted by Gasteiger charge is 2.25.